The Morgan fingerprint density at radius 2 is 0.895 bits per heavy atom. The largest absolute Gasteiger partial charge is 0.358 e. The van der Waals surface area contributed by atoms with Gasteiger partial charge in [0.25, 0.3) is 0 Å². The maximum atomic E-state index is 3.27. The molecule has 1 N–H and O–H groups in total. The maximum Gasteiger partial charge on any atom is 0.0107 e. The predicted molar refractivity (Wildman–Crippen MR) is 83.1 cm³/mol. The van der Waals surface area contributed by atoms with Gasteiger partial charge < -0.3 is 27.4 Å². The fourth-order valence-corrected chi connectivity index (χ4v) is 1.68. The smallest absolute Gasteiger partial charge is 0.0107 e. The van der Waals surface area contributed by atoms with Crippen LogP contribution in [0.5, 0.6) is 0 Å². The molecule has 2 heterocycles. The second-order valence-corrected chi connectivity index (χ2v) is 4.66. The first-order valence-corrected chi connectivity index (χ1v) is 6.95. The number of piperazine rings is 2. The molecule has 0 spiro atoms. The fourth-order valence-electron chi connectivity index (χ4n) is 1.68. The minimum atomic E-state index is 0. The second kappa shape index (κ2) is 16.6. The van der Waals surface area contributed by atoms with E-state index < -0.39 is 0 Å². The van der Waals surface area contributed by atoms with Crippen molar-refractivity contribution in [1.29, 1.82) is 0 Å². The van der Waals surface area contributed by atoms with Crippen LogP contribution in [0.2, 0.25) is 0 Å². The van der Waals surface area contributed by atoms with E-state index in [1.165, 1.54) is 39.3 Å². The molecule has 0 bridgehead atoms. The van der Waals surface area contributed by atoms with E-state index in [0.29, 0.717) is 0 Å². The number of nitrogens with zero attached hydrogens (tertiary/aromatic N) is 3. The van der Waals surface area contributed by atoms with Crippen molar-refractivity contribution in [3.63, 3.8) is 0 Å². The molecule has 0 amide bonds. The van der Waals surface area contributed by atoms with Crippen LogP contribution >= 0.6 is 0 Å². The van der Waals surface area contributed by atoms with Crippen molar-refractivity contribution in [2.24, 2.45) is 0 Å². The number of likely N-dealkylation sites (N-methyl/N-ethyl adjacent to an activating group) is 3. The molecule has 2 saturated heterocycles. The Labute approximate surface area is 135 Å². The second-order valence-electron chi connectivity index (χ2n) is 4.66. The summed E-state index contributed by atoms with van der Waals surface area (Å²) in [6.45, 7) is 13.7. The van der Waals surface area contributed by atoms with Crippen LogP contribution in [0.4, 0.5) is 0 Å². The third kappa shape index (κ3) is 14.7. The van der Waals surface area contributed by atoms with E-state index in [2.05, 4.69) is 41.2 Å². The summed E-state index contributed by atoms with van der Waals surface area (Å²) in [5.74, 6) is 0. The minimum Gasteiger partial charge on any atom is -0.358 e. The number of hydrogen-bond acceptors (Lipinski definition) is 4. The Bertz CT molecular complexity index is 146. The monoisotopic (exact) mass is 365 g/mol. The number of hydrogen-bond donors (Lipinski definition) is 1. The first kappa shape index (κ1) is 24.5. The van der Waals surface area contributed by atoms with Gasteiger partial charge in [-0.2, -0.15) is 0 Å². The quantitative estimate of drug-likeness (QED) is 0.507. The zero-order chi connectivity index (χ0) is 13.1. The molecule has 0 aromatic rings. The van der Waals surface area contributed by atoms with Crippen LogP contribution in [0.1, 0.15) is 13.8 Å². The third-order valence-corrected chi connectivity index (χ3v) is 3.07. The van der Waals surface area contributed by atoms with Gasteiger partial charge in [0.2, 0.25) is 0 Å². The van der Waals surface area contributed by atoms with Crippen molar-refractivity contribution in [3.8, 4) is 0 Å². The van der Waals surface area contributed by atoms with Crippen molar-refractivity contribution < 1.29 is 20.4 Å². The number of rotatable bonds is 0. The Morgan fingerprint density at radius 1 is 0.632 bits per heavy atom. The molecule has 4 nitrogen and oxygen atoms in total. The summed E-state index contributed by atoms with van der Waals surface area (Å²) in [6, 6.07) is 0. The molecular weight excluding hydrogens is 331 g/mol. The van der Waals surface area contributed by atoms with Gasteiger partial charge in [0, 0.05) is 72.8 Å². The molecule has 5 heteroatoms. The summed E-state index contributed by atoms with van der Waals surface area (Å²) in [5, 5.41) is 3.27. The Hall–Kier alpha value is 0.502. The van der Waals surface area contributed by atoms with Gasteiger partial charge in [-0.25, -0.2) is 0 Å². The van der Waals surface area contributed by atoms with Gasteiger partial charge in [0.05, 0.1) is 0 Å². The minimum absolute atomic E-state index is 0. The van der Waals surface area contributed by atoms with E-state index in [0.717, 1.165) is 13.1 Å². The zero-order valence-corrected chi connectivity index (χ0v) is 15.4. The van der Waals surface area contributed by atoms with Crippen LogP contribution in [0.25, 0.3) is 0 Å². The van der Waals surface area contributed by atoms with E-state index in [9.17, 15) is 0 Å². The summed E-state index contributed by atoms with van der Waals surface area (Å²) in [6.07, 6.45) is 0. The molecule has 0 aromatic carbocycles. The molecule has 2 aliphatic heterocycles. The molecule has 0 aromatic heterocycles. The van der Waals surface area contributed by atoms with E-state index in [4.69, 9.17) is 0 Å². The first-order valence-electron chi connectivity index (χ1n) is 6.95. The third-order valence-electron chi connectivity index (χ3n) is 3.07. The molecule has 0 radical (unpaired) electrons. The summed E-state index contributed by atoms with van der Waals surface area (Å²) in [4.78, 5) is 7.05. The van der Waals surface area contributed by atoms with Crippen molar-refractivity contribution in [3.05, 3.63) is 7.43 Å². The summed E-state index contributed by atoms with van der Waals surface area (Å²) in [5.41, 5.74) is 0. The first-order chi connectivity index (χ1) is 8.18. The molecule has 2 fully saturated rings. The van der Waals surface area contributed by atoms with Crippen LogP contribution in [-0.4, -0.2) is 88.2 Å². The van der Waals surface area contributed by atoms with Crippen LogP contribution in [-0.2, 0) is 20.4 Å². The molecule has 2 aliphatic rings. The summed E-state index contributed by atoms with van der Waals surface area (Å²) < 4.78 is 0. The Balaban J connectivity index is -0.000000219. The van der Waals surface area contributed by atoms with E-state index in [1.807, 2.05) is 13.8 Å². The van der Waals surface area contributed by atoms with Crippen LogP contribution in [0, 0.1) is 7.43 Å². The SMILES string of the molecule is CC.CN1CCN(C)CC1.CN1CCNCC1.[CH3-].[Pd]. The van der Waals surface area contributed by atoms with Gasteiger partial charge >= 0.3 is 0 Å². The standard InChI is InChI=1S/C6H14N2.C5H12N2.C2H6.CH3.Pd/c1-7-3-5-8(2)6-4-7;1-7-4-2-6-3-5-7;1-2;;/h3-6H2,1-2H3;6H,2-5H2,1H3;1-2H3;1H3;/q;;;-1;. The van der Waals surface area contributed by atoms with Crippen molar-refractivity contribution in [1.82, 2.24) is 20.0 Å². The van der Waals surface area contributed by atoms with E-state index >= 15 is 0 Å². The van der Waals surface area contributed by atoms with Crippen molar-refractivity contribution in [2.45, 2.75) is 13.8 Å². The average molecular weight is 366 g/mol. The van der Waals surface area contributed by atoms with Gasteiger partial charge in [-0.1, -0.05) is 13.8 Å². The predicted octanol–water partition coefficient (Wildman–Crippen LogP) is 0.859. The molecule has 0 aliphatic carbocycles. The number of nitrogens with one attached hydrogen (secondary N) is 1. The molecular formula is C14H35N4Pd-. The van der Waals surface area contributed by atoms with Crippen molar-refractivity contribution >= 4 is 0 Å². The van der Waals surface area contributed by atoms with Gasteiger partial charge in [0.15, 0.2) is 0 Å². The molecule has 2 rings (SSSR count). The fraction of sp³-hybridized carbons (Fsp3) is 0.929. The van der Waals surface area contributed by atoms with E-state index in [1.54, 1.807) is 0 Å². The molecule has 0 saturated carbocycles. The topological polar surface area (TPSA) is 21.8 Å². The Kier molecular flexibility index (Phi) is 21.4. The zero-order valence-electron chi connectivity index (χ0n) is 13.8. The van der Waals surface area contributed by atoms with Crippen molar-refractivity contribution in [2.75, 3.05) is 73.5 Å². The van der Waals surface area contributed by atoms with Gasteiger partial charge in [-0.15, -0.1) is 0 Å². The van der Waals surface area contributed by atoms with Crippen LogP contribution in [0.15, 0.2) is 0 Å². The van der Waals surface area contributed by atoms with E-state index in [-0.39, 0.29) is 27.8 Å². The average Bonchev–Trinajstić information content (AvgIpc) is 2.37. The molecule has 19 heavy (non-hydrogen) atoms. The maximum absolute atomic E-state index is 3.27. The van der Waals surface area contributed by atoms with Crippen LogP contribution in [0.3, 0.4) is 0 Å². The van der Waals surface area contributed by atoms with Gasteiger partial charge in [0.1, 0.15) is 0 Å². The molecule has 0 unspecified atom stereocenters. The van der Waals surface area contributed by atoms with Gasteiger partial charge in [-0.05, 0) is 21.1 Å². The van der Waals surface area contributed by atoms with Gasteiger partial charge in [-0.3, -0.25) is 0 Å². The normalized spacial score (nSPS) is 20.7. The summed E-state index contributed by atoms with van der Waals surface area (Å²) in [7, 11) is 6.50. The molecule has 122 valence electrons. The molecule has 0 atom stereocenters. The Morgan fingerprint density at radius 3 is 1.11 bits per heavy atom. The van der Waals surface area contributed by atoms with Crippen LogP contribution < -0.4 is 5.32 Å². The summed E-state index contributed by atoms with van der Waals surface area (Å²) >= 11 is 0.